The number of amides is 2. The molecule has 0 bridgehead atoms. The van der Waals surface area contributed by atoms with E-state index < -0.39 is 5.25 Å². The molecule has 0 saturated heterocycles. The number of rotatable bonds is 7. The van der Waals surface area contributed by atoms with Crippen molar-refractivity contribution in [3.63, 3.8) is 0 Å². The van der Waals surface area contributed by atoms with Crippen molar-refractivity contribution in [1.82, 2.24) is 0 Å². The van der Waals surface area contributed by atoms with Crippen LogP contribution in [-0.2, 0) is 9.59 Å². The highest BCUT2D eigenvalue weighted by molar-refractivity contribution is 8.00. The topological polar surface area (TPSA) is 58.2 Å². The maximum absolute atomic E-state index is 13.2. The van der Waals surface area contributed by atoms with E-state index in [2.05, 4.69) is 10.6 Å². The van der Waals surface area contributed by atoms with E-state index in [1.54, 1.807) is 6.07 Å². The van der Waals surface area contributed by atoms with Gasteiger partial charge in [0.15, 0.2) is 0 Å². The lowest BCUT2D eigenvalue weighted by atomic mass is 10.1. The predicted octanol–water partition coefficient (Wildman–Crippen LogP) is 6.47. The average Bonchev–Trinajstić information content (AvgIpc) is 3.62. The molecule has 1 aliphatic rings. The standard InChI is InChI=1S/C25H23ClN2O2S/c1-16-21(26)8-5-9-22(16)28-25(30)23(17-6-3-2-4-7-17)31-20-14-12-19(13-15-20)27-24(29)18-10-11-18/h2-9,12-15,18,23H,10-11H2,1H3,(H,27,29)(H,28,30). The van der Waals surface area contributed by atoms with Crippen molar-refractivity contribution < 1.29 is 9.59 Å². The molecule has 1 unspecified atom stereocenters. The molecule has 31 heavy (non-hydrogen) atoms. The summed E-state index contributed by atoms with van der Waals surface area (Å²) < 4.78 is 0. The summed E-state index contributed by atoms with van der Waals surface area (Å²) in [5.41, 5.74) is 3.23. The second-order valence-electron chi connectivity index (χ2n) is 7.60. The van der Waals surface area contributed by atoms with E-state index in [1.807, 2.05) is 73.7 Å². The van der Waals surface area contributed by atoms with Crippen LogP contribution in [0.25, 0.3) is 0 Å². The Morgan fingerprint density at radius 2 is 1.65 bits per heavy atom. The first-order valence-electron chi connectivity index (χ1n) is 10.2. The summed E-state index contributed by atoms with van der Waals surface area (Å²) in [6.45, 7) is 1.89. The maximum Gasteiger partial charge on any atom is 0.242 e. The van der Waals surface area contributed by atoms with Gasteiger partial charge < -0.3 is 10.6 Å². The first kappa shape index (κ1) is 21.5. The monoisotopic (exact) mass is 450 g/mol. The van der Waals surface area contributed by atoms with E-state index in [4.69, 9.17) is 11.6 Å². The van der Waals surface area contributed by atoms with Crippen molar-refractivity contribution in [3.8, 4) is 0 Å². The quantitative estimate of drug-likeness (QED) is 0.405. The second kappa shape index (κ2) is 9.58. The van der Waals surface area contributed by atoms with Gasteiger partial charge in [0.25, 0.3) is 0 Å². The van der Waals surface area contributed by atoms with Crippen LogP contribution in [0.3, 0.4) is 0 Å². The molecule has 3 aromatic rings. The fourth-order valence-electron chi connectivity index (χ4n) is 3.18. The molecule has 0 spiro atoms. The molecule has 0 heterocycles. The summed E-state index contributed by atoms with van der Waals surface area (Å²) in [6, 6.07) is 22.8. The van der Waals surface area contributed by atoms with Crippen LogP contribution >= 0.6 is 23.4 Å². The van der Waals surface area contributed by atoms with Gasteiger partial charge in [0.05, 0.1) is 0 Å². The first-order valence-corrected chi connectivity index (χ1v) is 11.5. The summed E-state index contributed by atoms with van der Waals surface area (Å²) in [4.78, 5) is 26.1. The average molecular weight is 451 g/mol. The fraction of sp³-hybridized carbons (Fsp3) is 0.200. The summed E-state index contributed by atoms with van der Waals surface area (Å²) in [7, 11) is 0. The lowest BCUT2D eigenvalue weighted by Crippen LogP contribution is -2.19. The molecule has 1 saturated carbocycles. The first-order chi connectivity index (χ1) is 15.0. The number of carbonyl (C=O) groups is 2. The van der Waals surface area contributed by atoms with E-state index >= 15 is 0 Å². The van der Waals surface area contributed by atoms with Crippen LogP contribution in [-0.4, -0.2) is 11.8 Å². The van der Waals surface area contributed by atoms with Gasteiger partial charge in [-0.15, -0.1) is 11.8 Å². The Kier molecular flexibility index (Phi) is 6.64. The minimum absolute atomic E-state index is 0.0823. The molecule has 2 N–H and O–H groups in total. The minimum Gasteiger partial charge on any atom is -0.326 e. The van der Waals surface area contributed by atoms with E-state index in [1.165, 1.54) is 11.8 Å². The minimum atomic E-state index is -0.438. The highest BCUT2D eigenvalue weighted by atomic mass is 35.5. The summed E-state index contributed by atoms with van der Waals surface area (Å²) >= 11 is 7.68. The molecule has 158 valence electrons. The zero-order valence-corrected chi connectivity index (χ0v) is 18.7. The van der Waals surface area contributed by atoms with Crippen LogP contribution < -0.4 is 10.6 Å². The predicted molar refractivity (Wildman–Crippen MR) is 128 cm³/mol. The zero-order valence-electron chi connectivity index (χ0n) is 17.1. The number of carbonyl (C=O) groups excluding carboxylic acids is 2. The molecule has 0 aromatic heterocycles. The van der Waals surface area contributed by atoms with Gasteiger partial charge in [-0.2, -0.15) is 0 Å². The van der Waals surface area contributed by atoms with Crippen molar-refractivity contribution in [2.45, 2.75) is 29.9 Å². The Labute approximate surface area is 191 Å². The highest BCUT2D eigenvalue weighted by Gasteiger charge is 2.29. The Hall–Kier alpha value is -2.76. The summed E-state index contributed by atoms with van der Waals surface area (Å²) in [5.74, 6) is 0.127. The van der Waals surface area contributed by atoms with E-state index in [0.717, 1.165) is 34.6 Å². The number of thioether (sulfide) groups is 1. The molecule has 1 aliphatic carbocycles. The lowest BCUT2D eigenvalue weighted by molar-refractivity contribution is -0.117. The third kappa shape index (κ3) is 5.49. The van der Waals surface area contributed by atoms with Crippen LogP contribution in [0.4, 0.5) is 11.4 Å². The summed E-state index contributed by atoms with van der Waals surface area (Å²) in [6.07, 6.45) is 1.94. The van der Waals surface area contributed by atoms with Crippen molar-refractivity contribution >= 4 is 46.6 Å². The van der Waals surface area contributed by atoms with Gasteiger partial charge in [-0.1, -0.05) is 48.0 Å². The van der Waals surface area contributed by atoms with E-state index in [-0.39, 0.29) is 17.7 Å². The normalized spacial score (nSPS) is 14.0. The van der Waals surface area contributed by atoms with Crippen LogP contribution in [0.5, 0.6) is 0 Å². The van der Waals surface area contributed by atoms with Crippen LogP contribution in [0, 0.1) is 12.8 Å². The Morgan fingerprint density at radius 1 is 0.935 bits per heavy atom. The van der Waals surface area contributed by atoms with Gasteiger partial charge in [-0.05, 0) is 67.3 Å². The van der Waals surface area contributed by atoms with Gasteiger partial charge in [0, 0.05) is 27.2 Å². The molecular weight excluding hydrogens is 428 g/mol. The van der Waals surface area contributed by atoms with Crippen molar-refractivity contribution in [2.24, 2.45) is 5.92 Å². The number of benzene rings is 3. The van der Waals surface area contributed by atoms with Gasteiger partial charge >= 0.3 is 0 Å². The SMILES string of the molecule is Cc1c(Cl)cccc1NC(=O)C(Sc1ccc(NC(=O)C2CC2)cc1)c1ccccc1. The summed E-state index contributed by atoms with van der Waals surface area (Å²) in [5, 5.41) is 6.15. The largest absolute Gasteiger partial charge is 0.326 e. The number of hydrogen-bond acceptors (Lipinski definition) is 3. The Bertz CT molecular complexity index is 1080. The number of nitrogens with one attached hydrogen (secondary N) is 2. The van der Waals surface area contributed by atoms with E-state index in [0.29, 0.717) is 10.7 Å². The Balaban J connectivity index is 1.52. The van der Waals surface area contributed by atoms with Crippen LogP contribution in [0.15, 0.2) is 77.7 Å². The molecule has 0 aliphatic heterocycles. The molecule has 0 radical (unpaired) electrons. The van der Waals surface area contributed by atoms with Crippen LogP contribution in [0.1, 0.15) is 29.2 Å². The number of anilines is 2. The van der Waals surface area contributed by atoms with E-state index in [9.17, 15) is 9.59 Å². The van der Waals surface area contributed by atoms with Crippen molar-refractivity contribution in [2.75, 3.05) is 10.6 Å². The molecule has 1 fully saturated rings. The molecule has 6 heteroatoms. The zero-order chi connectivity index (χ0) is 21.8. The third-order valence-corrected chi connectivity index (χ3v) is 6.87. The van der Waals surface area contributed by atoms with Crippen molar-refractivity contribution in [1.29, 1.82) is 0 Å². The van der Waals surface area contributed by atoms with Gasteiger partial charge in [0.2, 0.25) is 11.8 Å². The fourth-order valence-corrected chi connectivity index (χ4v) is 4.38. The van der Waals surface area contributed by atoms with Gasteiger partial charge in [-0.3, -0.25) is 9.59 Å². The highest BCUT2D eigenvalue weighted by Crippen LogP contribution is 2.37. The molecule has 1 atom stereocenters. The van der Waals surface area contributed by atoms with Crippen molar-refractivity contribution in [3.05, 3.63) is 88.9 Å². The smallest absolute Gasteiger partial charge is 0.242 e. The molecule has 3 aromatic carbocycles. The molecular formula is C25H23ClN2O2S. The second-order valence-corrected chi connectivity index (χ2v) is 9.18. The molecule has 2 amide bonds. The van der Waals surface area contributed by atoms with Crippen LogP contribution in [0.2, 0.25) is 5.02 Å². The third-order valence-electron chi connectivity index (χ3n) is 5.19. The molecule has 4 rings (SSSR count). The molecule has 4 nitrogen and oxygen atoms in total. The number of halogens is 1. The maximum atomic E-state index is 13.2. The number of hydrogen-bond donors (Lipinski definition) is 2. The Morgan fingerprint density at radius 3 is 2.32 bits per heavy atom. The van der Waals surface area contributed by atoms with Gasteiger partial charge in [0.1, 0.15) is 5.25 Å². The van der Waals surface area contributed by atoms with Gasteiger partial charge in [-0.25, -0.2) is 0 Å². The lowest BCUT2D eigenvalue weighted by Gasteiger charge is -2.18.